The van der Waals surface area contributed by atoms with Crippen LogP contribution >= 0.6 is 23.2 Å². The van der Waals surface area contributed by atoms with E-state index in [1.54, 1.807) is 0 Å². The molecule has 1 aromatic carbocycles. The number of halogens is 2. The van der Waals surface area contributed by atoms with E-state index in [9.17, 15) is 0 Å². The van der Waals surface area contributed by atoms with Gasteiger partial charge in [0.2, 0.25) is 0 Å². The summed E-state index contributed by atoms with van der Waals surface area (Å²) in [6, 6.07) is 11.6. The maximum atomic E-state index is 6.09. The van der Waals surface area contributed by atoms with Gasteiger partial charge in [0, 0.05) is 30.9 Å². The van der Waals surface area contributed by atoms with Gasteiger partial charge >= 0.3 is 0 Å². The normalized spacial score (nSPS) is 16.6. The molecule has 1 aromatic heterocycles. The number of hydrogen-bond acceptors (Lipinski definition) is 3. The number of nitrogens with one attached hydrogen (secondary N) is 2. The topological polar surface area (TPSA) is 37.0 Å². The predicted octanol–water partition coefficient (Wildman–Crippen LogP) is 4.07. The standard InChI is InChI=1S/C18H16Cl2N3/c19-15-8-7-13(12-16(15)20)17-5-3-6-18(23-17)22-11-9-14-4-1-2-10-21-14/h1-5,7-8,10,12,17,22-23H,9,11H2. The van der Waals surface area contributed by atoms with Crippen molar-refractivity contribution in [1.29, 1.82) is 0 Å². The Labute approximate surface area is 146 Å². The summed E-state index contributed by atoms with van der Waals surface area (Å²) in [5.41, 5.74) is 2.12. The quantitative estimate of drug-likeness (QED) is 0.858. The summed E-state index contributed by atoms with van der Waals surface area (Å²) in [6.07, 6.45) is 9.77. The summed E-state index contributed by atoms with van der Waals surface area (Å²) < 4.78 is 0. The molecule has 1 unspecified atom stereocenters. The average Bonchev–Trinajstić information content (AvgIpc) is 2.59. The van der Waals surface area contributed by atoms with Crippen molar-refractivity contribution in [3.8, 4) is 0 Å². The van der Waals surface area contributed by atoms with Gasteiger partial charge in [0.05, 0.1) is 16.1 Å². The lowest BCUT2D eigenvalue weighted by Crippen LogP contribution is -2.32. The molecule has 3 rings (SSSR count). The van der Waals surface area contributed by atoms with Crippen LogP contribution in [0.25, 0.3) is 0 Å². The molecule has 0 amide bonds. The first-order valence-electron chi connectivity index (χ1n) is 7.38. The molecular weight excluding hydrogens is 329 g/mol. The van der Waals surface area contributed by atoms with Crippen LogP contribution in [0.4, 0.5) is 0 Å². The molecule has 0 bridgehead atoms. The van der Waals surface area contributed by atoms with Crippen LogP contribution in [0.1, 0.15) is 17.3 Å². The van der Waals surface area contributed by atoms with Crippen molar-refractivity contribution in [3.05, 3.63) is 87.9 Å². The van der Waals surface area contributed by atoms with Crippen LogP contribution < -0.4 is 10.6 Å². The van der Waals surface area contributed by atoms with E-state index in [-0.39, 0.29) is 6.04 Å². The molecule has 0 spiro atoms. The number of pyridine rings is 1. The van der Waals surface area contributed by atoms with Crippen LogP contribution in [-0.2, 0) is 6.42 Å². The molecule has 1 aliphatic heterocycles. The van der Waals surface area contributed by atoms with Gasteiger partial charge in [-0.1, -0.05) is 47.5 Å². The molecular formula is C18H16Cl2N3. The number of aromatic nitrogens is 1. The van der Waals surface area contributed by atoms with E-state index in [0.717, 1.165) is 30.0 Å². The highest BCUT2D eigenvalue weighted by Crippen LogP contribution is 2.27. The Balaban J connectivity index is 1.57. The molecule has 117 valence electrons. The lowest BCUT2D eigenvalue weighted by molar-refractivity contribution is 0.618. The molecule has 0 aliphatic carbocycles. The molecule has 0 saturated heterocycles. The van der Waals surface area contributed by atoms with Gasteiger partial charge in [-0.05, 0) is 29.8 Å². The number of dihydropyridines is 1. The number of benzene rings is 1. The fourth-order valence-electron chi connectivity index (χ4n) is 2.34. The van der Waals surface area contributed by atoms with Gasteiger partial charge in [-0.2, -0.15) is 0 Å². The van der Waals surface area contributed by atoms with Crippen molar-refractivity contribution < 1.29 is 0 Å². The van der Waals surface area contributed by atoms with Crippen molar-refractivity contribution >= 4 is 23.2 Å². The second kappa shape index (κ2) is 7.53. The summed E-state index contributed by atoms with van der Waals surface area (Å²) in [5, 5.41) is 7.85. The van der Waals surface area contributed by atoms with Gasteiger partial charge in [-0.25, -0.2) is 0 Å². The fraction of sp³-hybridized carbons (Fsp3) is 0.167. The highest BCUT2D eigenvalue weighted by Gasteiger charge is 2.13. The first-order chi connectivity index (χ1) is 11.2. The first-order valence-corrected chi connectivity index (χ1v) is 8.13. The summed E-state index contributed by atoms with van der Waals surface area (Å²) in [6.45, 7) is 0.786. The second-order valence-corrected chi connectivity index (χ2v) is 5.99. The van der Waals surface area contributed by atoms with E-state index in [1.165, 1.54) is 0 Å². The van der Waals surface area contributed by atoms with Crippen molar-refractivity contribution in [2.24, 2.45) is 0 Å². The fourth-order valence-corrected chi connectivity index (χ4v) is 2.64. The number of rotatable bonds is 5. The Bertz CT molecular complexity index is 726. The third-order valence-corrected chi connectivity index (χ3v) is 4.27. The molecule has 2 heterocycles. The molecule has 1 atom stereocenters. The third-order valence-electron chi connectivity index (χ3n) is 3.53. The summed E-state index contributed by atoms with van der Waals surface area (Å²) in [4.78, 5) is 4.31. The van der Waals surface area contributed by atoms with Gasteiger partial charge in [0.1, 0.15) is 5.82 Å². The minimum absolute atomic E-state index is 0.0448. The minimum atomic E-state index is 0.0448. The number of nitrogens with zero attached hydrogens (tertiary/aromatic N) is 1. The summed E-state index contributed by atoms with van der Waals surface area (Å²) in [5.74, 6) is 0.861. The Kier molecular flexibility index (Phi) is 5.21. The average molecular weight is 345 g/mol. The van der Waals surface area contributed by atoms with Crippen molar-refractivity contribution in [1.82, 2.24) is 15.6 Å². The summed E-state index contributed by atoms with van der Waals surface area (Å²) in [7, 11) is 0. The van der Waals surface area contributed by atoms with E-state index < -0.39 is 0 Å². The monoisotopic (exact) mass is 344 g/mol. The van der Waals surface area contributed by atoms with Gasteiger partial charge in [-0.15, -0.1) is 0 Å². The zero-order chi connectivity index (χ0) is 16.1. The molecule has 23 heavy (non-hydrogen) atoms. The largest absolute Gasteiger partial charge is 0.371 e. The van der Waals surface area contributed by atoms with Gasteiger partial charge in [-0.3, -0.25) is 4.98 Å². The van der Waals surface area contributed by atoms with Crippen molar-refractivity contribution in [2.75, 3.05) is 6.54 Å². The van der Waals surface area contributed by atoms with Crippen LogP contribution in [0.2, 0.25) is 10.0 Å². The lowest BCUT2D eigenvalue weighted by atomic mass is 10.0. The highest BCUT2D eigenvalue weighted by molar-refractivity contribution is 6.42. The number of hydrogen-bond donors (Lipinski definition) is 2. The van der Waals surface area contributed by atoms with Crippen LogP contribution in [-0.4, -0.2) is 11.5 Å². The maximum Gasteiger partial charge on any atom is 0.108 e. The second-order valence-electron chi connectivity index (χ2n) is 5.17. The van der Waals surface area contributed by atoms with Gasteiger partial charge < -0.3 is 10.6 Å². The zero-order valence-electron chi connectivity index (χ0n) is 12.4. The maximum absolute atomic E-state index is 6.09. The Morgan fingerprint density at radius 2 is 2.09 bits per heavy atom. The number of allylic oxidation sites excluding steroid dienone is 2. The highest BCUT2D eigenvalue weighted by atomic mass is 35.5. The van der Waals surface area contributed by atoms with Gasteiger partial charge in [0.25, 0.3) is 0 Å². The van der Waals surface area contributed by atoms with Crippen LogP contribution in [0, 0.1) is 6.08 Å². The Hall–Kier alpha value is -1.97. The summed E-state index contributed by atoms with van der Waals surface area (Å²) >= 11 is 12.1. The SMILES string of the molecule is Clc1ccc(C2C=C[C]=C(NCCc3ccccn3)N2)cc1Cl. The van der Waals surface area contributed by atoms with Gasteiger partial charge in [0.15, 0.2) is 0 Å². The smallest absolute Gasteiger partial charge is 0.108 e. The van der Waals surface area contributed by atoms with Crippen LogP contribution in [0.5, 0.6) is 0 Å². The Morgan fingerprint density at radius 1 is 1.17 bits per heavy atom. The van der Waals surface area contributed by atoms with E-state index in [0.29, 0.717) is 10.0 Å². The van der Waals surface area contributed by atoms with E-state index in [4.69, 9.17) is 23.2 Å². The molecule has 5 heteroatoms. The third kappa shape index (κ3) is 4.27. The first kappa shape index (κ1) is 15.9. The molecule has 2 N–H and O–H groups in total. The lowest BCUT2D eigenvalue weighted by Gasteiger charge is -2.23. The zero-order valence-corrected chi connectivity index (χ0v) is 13.9. The molecule has 2 aromatic rings. The minimum Gasteiger partial charge on any atom is -0.371 e. The molecule has 3 nitrogen and oxygen atoms in total. The van der Waals surface area contributed by atoms with E-state index in [1.807, 2.05) is 54.7 Å². The van der Waals surface area contributed by atoms with Crippen molar-refractivity contribution in [3.63, 3.8) is 0 Å². The predicted molar refractivity (Wildman–Crippen MR) is 94.2 cm³/mol. The Morgan fingerprint density at radius 3 is 2.87 bits per heavy atom. The van der Waals surface area contributed by atoms with Crippen molar-refractivity contribution in [2.45, 2.75) is 12.5 Å². The molecule has 1 aliphatic rings. The van der Waals surface area contributed by atoms with E-state index >= 15 is 0 Å². The van der Waals surface area contributed by atoms with Crippen LogP contribution in [0.3, 0.4) is 0 Å². The van der Waals surface area contributed by atoms with Crippen LogP contribution in [0.15, 0.2) is 60.6 Å². The van der Waals surface area contributed by atoms with E-state index in [2.05, 4.69) is 21.7 Å². The molecule has 0 fully saturated rings. The molecule has 0 saturated carbocycles. The molecule has 1 radical (unpaired) electrons.